The number of hydrogen-bond acceptors (Lipinski definition) is 2. The second-order valence-corrected chi connectivity index (χ2v) is 5.88. The summed E-state index contributed by atoms with van der Waals surface area (Å²) in [5.74, 6) is 0.489. The highest BCUT2D eigenvalue weighted by Gasteiger charge is 2.17. The van der Waals surface area contributed by atoms with Crippen molar-refractivity contribution in [1.82, 2.24) is 20.3 Å². The maximum absolute atomic E-state index is 11.6. The first-order valence-corrected chi connectivity index (χ1v) is 8.15. The van der Waals surface area contributed by atoms with E-state index in [1.807, 2.05) is 13.1 Å². The van der Waals surface area contributed by atoms with E-state index in [0.29, 0.717) is 12.5 Å². The minimum absolute atomic E-state index is 0.245. The number of nitrogens with one attached hydrogen (secondary N) is 4. The molecule has 0 bridgehead atoms. The van der Waals surface area contributed by atoms with Crippen molar-refractivity contribution in [3.63, 3.8) is 0 Å². The van der Waals surface area contributed by atoms with Gasteiger partial charge in [-0.2, -0.15) is 0 Å². The number of aromatic nitrogens is 3. The summed E-state index contributed by atoms with van der Waals surface area (Å²) in [7, 11) is 0. The number of carbonyl (C=O) groups excluding carboxylic acids is 1. The first-order chi connectivity index (χ1) is 11.7. The van der Waals surface area contributed by atoms with E-state index in [2.05, 4.69) is 55.9 Å². The number of H-pyrrole nitrogens is 2. The van der Waals surface area contributed by atoms with Gasteiger partial charge in [-0.05, 0) is 54.5 Å². The summed E-state index contributed by atoms with van der Waals surface area (Å²) in [6.07, 6.45) is 5.88. The van der Waals surface area contributed by atoms with E-state index in [-0.39, 0.29) is 6.03 Å². The molecule has 3 aromatic rings. The molecule has 2 aromatic heterocycles. The van der Waals surface area contributed by atoms with Crippen LogP contribution in [0.1, 0.15) is 30.3 Å². The van der Waals surface area contributed by atoms with E-state index in [0.717, 1.165) is 29.7 Å². The highest BCUT2D eigenvalue weighted by atomic mass is 16.2. The van der Waals surface area contributed by atoms with Crippen molar-refractivity contribution in [3.8, 4) is 0 Å². The summed E-state index contributed by atoms with van der Waals surface area (Å²) in [6.45, 7) is 2.46. The van der Waals surface area contributed by atoms with E-state index >= 15 is 0 Å². The molecule has 2 heterocycles. The minimum atomic E-state index is -0.245. The fourth-order valence-corrected chi connectivity index (χ4v) is 3.08. The third kappa shape index (κ3) is 2.67. The van der Waals surface area contributed by atoms with E-state index < -0.39 is 0 Å². The first kappa shape index (κ1) is 14.6. The molecule has 1 aliphatic carbocycles. The Kier molecular flexibility index (Phi) is 3.57. The second-order valence-electron chi connectivity index (χ2n) is 5.88. The fourth-order valence-electron chi connectivity index (χ4n) is 3.08. The van der Waals surface area contributed by atoms with Crippen LogP contribution in [-0.4, -0.2) is 27.5 Å². The number of amides is 2. The Hall–Kier alpha value is -3.02. The molecule has 6 heteroatoms. The molecular weight excluding hydrogens is 302 g/mol. The lowest BCUT2D eigenvalue weighted by atomic mass is 9.94. The predicted octanol–water partition coefficient (Wildman–Crippen LogP) is 3.52. The van der Waals surface area contributed by atoms with Crippen LogP contribution in [0.15, 0.2) is 30.5 Å². The molecule has 0 saturated carbocycles. The van der Waals surface area contributed by atoms with Gasteiger partial charge in [-0.25, -0.2) is 9.78 Å². The number of fused-ring (bicyclic) bond motifs is 2. The number of anilines is 1. The van der Waals surface area contributed by atoms with E-state index in [1.165, 1.54) is 16.5 Å². The number of allylic oxidation sites excluding steroid dienone is 1. The molecule has 2 amide bonds. The van der Waals surface area contributed by atoms with Crippen LogP contribution in [0, 0.1) is 0 Å². The maximum atomic E-state index is 11.6. The van der Waals surface area contributed by atoms with Crippen LogP contribution in [-0.2, 0) is 6.42 Å². The van der Waals surface area contributed by atoms with Gasteiger partial charge in [0.1, 0.15) is 0 Å². The molecule has 0 atom stereocenters. The molecule has 4 N–H and O–H groups in total. The molecule has 0 unspecified atom stereocenters. The van der Waals surface area contributed by atoms with Gasteiger partial charge in [-0.3, -0.25) is 5.32 Å². The highest BCUT2D eigenvalue weighted by molar-refractivity contribution is 5.90. The van der Waals surface area contributed by atoms with Gasteiger partial charge in [-0.15, -0.1) is 0 Å². The zero-order valence-corrected chi connectivity index (χ0v) is 13.4. The molecule has 0 saturated heterocycles. The van der Waals surface area contributed by atoms with Crippen LogP contribution < -0.4 is 10.6 Å². The monoisotopic (exact) mass is 321 g/mol. The number of benzene rings is 1. The van der Waals surface area contributed by atoms with E-state index in [1.54, 1.807) is 0 Å². The molecule has 1 aromatic carbocycles. The van der Waals surface area contributed by atoms with Crippen LogP contribution in [0.3, 0.4) is 0 Å². The van der Waals surface area contributed by atoms with Crippen molar-refractivity contribution in [2.45, 2.75) is 19.8 Å². The molecule has 0 fully saturated rings. The minimum Gasteiger partial charge on any atom is -0.361 e. The van der Waals surface area contributed by atoms with Gasteiger partial charge in [-0.1, -0.05) is 12.1 Å². The average molecular weight is 321 g/mol. The largest absolute Gasteiger partial charge is 0.361 e. The van der Waals surface area contributed by atoms with Crippen LogP contribution in [0.2, 0.25) is 0 Å². The molecule has 6 nitrogen and oxygen atoms in total. The number of imidazole rings is 1. The van der Waals surface area contributed by atoms with E-state index in [9.17, 15) is 4.79 Å². The maximum Gasteiger partial charge on any atom is 0.321 e. The molecule has 0 spiro atoms. The average Bonchev–Trinajstić information content (AvgIpc) is 3.19. The van der Waals surface area contributed by atoms with Gasteiger partial charge in [0.2, 0.25) is 5.95 Å². The topological polar surface area (TPSA) is 85.6 Å². The van der Waals surface area contributed by atoms with Crippen LogP contribution in [0.4, 0.5) is 10.7 Å². The molecule has 4 rings (SSSR count). The summed E-state index contributed by atoms with van der Waals surface area (Å²) in [5.41, 5.74) is 5.56. The summed E-state index contributed by atoms with van der Waals surface area (Å²) >= 11 is 0. The standard InChI is InChI=1S/C18H19N5O/c1-2-19-18(24)23-17-21-14-6-5-13(10-16(14)22-17)12-4-3-11-7-8-20-15(11)9-12/h3-4,7-10,20H,2,5-6H2,1H3,(H3,19,21,22,23,24). The van der Waals surface area contributed by atoms with Crippen LogP contribution in [0.25, 0.3) is 22.6 Å². The Labute approximate surface area is 139 Å². The van der Waals surface area contributed by atoms with Crippen molar-refractivity contribution in [2.75, 3.05) is 11.9 Å². The van der Waals surface area contributed by atoms with Gasteiger partial charge >= 0.3 is 6.03 Å². The van der Waals surface area contributed by atoms with Crippen LogP contribution >= 0.6 is 0 Å². The Morgan fingerprint density at radius 2 is 2.21 bits per heavy atom. The van der Waals surface area contributed by atoms with Crippen molar-refractivity contribution < 1.29 is 4.79 Å². The van der Waals surface area contributed by atoms with Gasteiger partial charge in [0.15, 0.2) is 0 Å². The third-order valence-corrected chi connectivity index (χ3v) is 4.26. The second kappa shape index (κ2) is 5.88. The number of carbonyl (C=O) groups is 1. The Morgan fingerprint density at radius 1 is 1.29 bits per heavy atom. The zero-order valence-electron chi connectivity index (χ0n) is 13.4. The number of aromatic amines is 2. The molecule has 122 valence electrons. The summed E-state index contributed by atoms with van der Waals surface area (Å²) in [6, 6.07) is 8.27. The predicted molar refractivity (Wildman–Crippen MR) is 95.8 cm³/mol. The molecule has 0 radical (unpaired) electrons. The number of aryl methyl sites for hydroxylation is 1. The van der Waals surface area contributed by atoms with Gasteiger partial charge in [0.25, 0.3) is 0 Å². The molecule has 1 aliphatic rings. The van der Waals surface area contributed by atoms with Crippen LogP contribution in [0.5, 0.6) is 0 Å². The first-order valence-electron chi connectivity index (χ1n) is 8.15. The lowest BCUT2D eigenvalue weighted by Gasteiger charge is -2.12. The Morgan fingerprint density at radius 3 is 3.08 bits per heavy atom. The SMILES string of the molecule is CCNC(=O)Nc1nc2c([nH]1)CCC(c1ccc3cc[nH]c3c1)=C2. The summed E-state index contributed by atoms with van der Waals surface area (Å²) < 4.78 is 0. The number of urea groups is 1. The number of rotatable bonds is 3. The van der Waals surface area contributed by atoms with Crippen molar-refractivity contribution in [2.24, 2.45) is 0 Å². The summed E-state index contributed by atoms with van der Waals surface area (Å²) in [5, 5.41) is 6.63. The quantitative estimate of drug-likeness (QED) is 0.595. The molecular formula is C18H19N5O. The highest BCUT2D eigenvalue weighted by Crippen LogP contribution is 2.31. The number of hydrogen-bond donors (Lipinski definition) is 4. The number of nitrogens with zero attached hydrogens (tertiary/aromatic N) is 1. The Balaban J connectivity index is 1.61. The van der Waals surface area contributed by atoms with Crippen molar-refractivity contribution in [3.05, 3.63) is 47.4 Å². The van der Waals surface area contributed by atoms with Gasteiger partial charge in [0.05, 0.1) is 5.69 Å². The van der Waals surface area contributed by atoms with E-state index in [4.69, 9.17) is 0 Å². The third-order valence-electron chi connectivity index (χ3n) is 4.26. The lowest BCUT2D eigenvalue weighted by molar-refractivity contribution is 0.252. The van der Waals surface area contributed by atoms with Crippen molar-refractivity contribution >= 4 is 34.5 Å². The van der Waals surface area contributed by atoms with Gasteiger partial charge < -0.3 is 15.3 Å². The lowest BCUT2D eigenvalue weighted by Crippen LogP contribution is -2.28. The summed E-state index contributed by atoms with van der Waals surface area (Å²) in [4.78, 5) is 22.5. The van der Waals surface area contributed by atoms with Gasteiger partial charge in [0, 0.05) is 24.0 Å². The zero-order chi connectivity index (χ0) is 16.5. The smallest absolute Gasteiger partial charge is 0.321 e. The fraction of sp³-hybridized carbons (Fsp3) is 0.222. The normalized spacial score (nSPS) is 13.5. The van der Waals surface area contributed by atoms with Crippen molar-refractivity contribution in [1.29, 1.82) is 0 Å². The molecule has 24 heavy (non-hydrogen) atoms. The molecule has 0 aliphatic heterocycles. The Bertz CT molecular complexity index is 934.